The van der Waals surface area contributed by atoms with Gasteiger partial charge in [0.15, 0.2) is 17.1 Å². The first-order valence-electron chi connectivity index (χ1n) is 9.50. The summed E-state index contributed by atoms with van der Waals surface area (Å²) < 4.78 is 17.8. The fraction of sp³-hybridized carbons (Fsp3) is 0.0833. The quantitative estimate of drug-likeness (QED) is 0.279. The zero-order valence-corrected chi connectivity index (χ0v) is 18.3. The van der Waals surface area contributed by atoms with Crippen LogP contribution in [0.3, 0.4) is 0 Å². The number of carbonyl (C=O) groups excluding carboxylic acids is 1. The summed E-state index contributed by atoms with van der Waals surface area (Å²) in [6, 6.07) is 22.5. The molecule has 0 aliphatic heterocycles. The molecule has 0 spiro atoms. The molecule has 1 heterocycles. The van der Waals surface area contributed by atoms with Gasteiger partial charge in [-0.25, -0.2) is 5.43 Å². The van der Waals surface area contributed by atoms with Crippen molar-refractivity contribution in [3.8, 4) is 11.5 Å². The van der Waals surface area contributed by atoms with Crippen LogP contribution >= 0.6 is 15.9 Å². The lowest BCUT2D eigenvalue weighted by atomic mass is 10.2. The predicted molar refractivity (Wildman–Crippen MR) is 123 cm³/mol. The summed E-state index contributed by atoms with van der Waals surface area (Å²) >= 11 is 3.42. The van der Waals surface area contributed by atoms with Gasteiger partial charge in [0.25, 0.3) is 0 Å². The average Bonchev–Trinajstić information content (AvgIpc) is 3.24. The third-order valence-electron chi connectivity index (χ3n) is 4.55. The molecule has 1 amide bonds. The Morgan fingerprint density at radius 3 is 2.65 bits per heavy atom. The van der Waals surface area contributed by atoms with Crippen molar-refractivity contribution in [1.82, 2.24) is 5.43 Å². The van der Waals surface area contributed by atoms with E-state index < -0.39 is 5.91 Å². The van der Waals surface area contributed by atoms with E-state index in [4.69, 9.17) is 13.9 Å². The molecular weight excluding hydrogens is 460 g/mol. The van der Waals surface area contributed by atoms with E-state index in [2.05, 4.69) is 26.5 Å². The van der Waals surface area contributed by atoms with Gasteiger partial charge < -0.3 is 13.9 Å². The summed E-state index contributed by atoms with van der Waals surface area (Å²) in [5.74, 6) is 0.924. The topological polar surface area (TPSA) is 73.1 Å². The molecule has 31 heavy (non-hydrogen) atoms. The van der Waals surface area contributed by atoms with E-state index in [1.165, 1.54) is 6.21 Å². The molecule has 156 valence electrons. The highest BCUT2D eigenvalue weighted by Gasteiger charge is 2.14. The van der Waals surface area contributed by atoms with Gasteiger partial charge in [-0.3, -0.25) is 4.79 Å². The van der Waals surface area contributed by atoms with E-state index in [1.54, 1.807) is 19.2 Å². The first kappa shape index (κ1) is 20.7. The fourth-order valence-corrected chi connectivity index (χ4v) is 3.25. The molecule has 1 aromatic heterocycles. The number of hydrazone groups is 1. The molecule has 4 aromatic rings. The van der Waals surface area contributed by atoms with Crippen LogP contribution in [-0.2, 0) is 6.61 Å². The second-order valence-corrected chi connectivity index (χ2v) is 7.56. The minimum absolute atomic E-state index is 0.149. The standard InChI is InChI=1S/C24H19BrN2O4/c1-29-21-8-4-6-17-13-22(31-23(17)21)24(28)27-26-14-18-5-2-3-7-20(18)30-15-16-9-11-19(25)12-10-16/h2-14H,15H2,1H3,(H,27,28)/b26-14-. The van der Waals surface area contributed by atoms with Gasteiger partial charge in [0.05, 0.1) is 13.3 Å². The first-order valence-corrected chi connectivity index (χ1v) is 10.3. The molecule has 0 bridgehead atoms. The zero-order valence-electron chi connectivity index (χ0n) is 16.7. The molecule has 0 unspecified atom stereocenters. The number of para-hydroxylation sites is 2. The molecule has 0 fully saturated rings. The first-order chi connectivity index (χ1) is 15.1. The Labute approximate surface area is 187 Å². The highest BCUT2D eigenvalue weighted by atomic mass is 79.9. The predicted octanol–water partition coefficient (Wildman–Crippen LogP) is 5.55. The Morgan fingerprint density at radius 1 is 1.06 bits per heavy atom. The maximum absolute atomic E-state index is 12.4. The van der Waals surface area contributed by atoms with E-state index >= 15 is 0 Å². The number of fused-ring (bicyclic) bond motifs is 1. The molecule has 0 radical (unpaired) electrons. The average molecular weight is 479 g/mol. The van der Waals surface area contributed by atoms with E-state index in [9.17, 15) is 4.79 Å². The second-order valence-electron chi connectivity index (χ2n) is 6.64. The van der Waals surface area contributed by atoms with Crippen LogP contribution in [0, 0.1) is 0 Å². The van der Waals surface area contributed by atoms with Gasteiger partial charge in [0, 0.05) is 15.4 Å². The fourth-order valence-electron chi connectivity index (χ4n) is 2.98. The number of benzene rings is 3. The lowest BCUT2D eigenvalue weighted by Gasteiger charge is -2.09. The number of amides is 1. The molecular formula is C24H19BrN2O4. The van der Waals surface area contributed by atoms with E-state index in [1.807, 2.05) is 60.7 Å². The van der Waals surface area contributed by atoms with Crippen LogP contribution in [-0.4, -0.2) is 19.2 Å². The van der Waals surface area contributed by atoms with Crippen LogP contribution in [0.15, 0.2) is 86.8 Å². The number of hydrogen-bond acceptors (Lipinski definition) is 5. The van der Waals surface area contributed by atoms with Gasteiger partial charge in [0.2, 0.25) is 0 Å². The minimum Gasteiger partial charge on any atom is -0.493 e. The Morgan fingerprint density at radius 2 is 1.84 bits per heavy atom. The van der Waals surface area contributed by atoms with Gasteiger partial charge in [-0.2, -0.15) is 5.10 Å². The normalized spacial score (nSPS) is 11.0. The van der Waals surface area contributed by atoms with Crippen molar-refractivity contribution < 1.29 is 18.7 Å². The largest absolute Gasteiger partial charge is 0.493 e. The van der Waals surface area contributed by atoms with Crippen molar-refractivity contribution in [1.29, 1.82) is 0 Å². The van der Waals surface area contributed by atoms with Crippen LogP contribution in [0.4, 0.5) is 0 Å². The molecule has 7 heteroatoms. The van der Waals surface area contributed by atoms with Crippen molar-refractivity contribution in [3.63, 3.8) is 0 Å². The van der Waals surface area contributed by atoms with Crippen molar-refractivity contribution in [2.24, 2.45) is 5.10 Å². The molecule has 1 N–H and O–H groups in total. The second kappa shape index (κ2) is 9.49. The zero-order chi connectivity index (χ0) is 21.6. The Bertz CT molecular complexity index is 1230. The van der Waals surface area contributed by atoms with Gasteiger partial charge in [-0.15, -0.1) is 0 Å². The summed E-state index contributed by atoms with van der Waals surface area (Å²) in [6.45, 7) is 0.422. The molecule has 3 aromatic carbocycles. The van der Waals surface area contributed by atoms with Crippen LogP contribution in [0.5, 0.6) is 11.5 Å². The van der Waals surface area contributed by atoms with Crippen molar-refractivity contribution in [2.75, 3.05) is 7.11 Å². The van der Waals surface area contributed by atoms with Crippen molar-refractivity contribution >= 4 is 39.0 Å². The monoisotopic (exact) mass is 478 g/mol. The Kier molecular flexibility index (Phi) is 6.33. The summed E-state index contributed by atoms with van der Waals surface area (Å²) in [5, 5.41) is 4.83. The molecule has 4 rings (SSSR count). The molecule has 0 aliphatic rings. The van der Waals surface area contributed by atoms with Crippen molar-refractivity contribution in [3.05, 3.63) is 94.2 Å². The maximum Gasteiger partial charge on any atom is 0.307 e. The lowest BCUT2D eigenvalue weighted by Crippen LogP contribution is -2.16. The number of rotatable bonds is 7. The highest BCUT2D eigenvalue weighted by Crippen LogP contribution is 2.28. The third kappa shape index (κ3) is 4.95. The summed E-state index contributed by atoms with van der Waals surface area (Å²) in [6.07, 6.45) is 1.54. The van der Waals surface area contributed by atoms with Gasteiger partial charge >= 0.3 is 5.91 Å². The van der Waals surface area contributed by atoms with E-state index in [0.717, 1.165) is 21.0 Å². The summed E-state index contributed by atoms with van der Waals surface area (Å²) in [5.41, 5.74) is 4.79. The number of nitrogens with one attached hydrogen (secondary N) is 1. The van der Waals surface area contributed by atoms with Gasteiger partial charge in [0.1, 0.15) is 12.4 Å². The van der Waals surface area contributed by atoms with Gasteiger partial charge in [-0.05, 0) is 42.0 Å². The summed E-state index contributed by atoms with van der Waals surface area (Å²) in [7, 11) is 1.55. The molecule has 0 aliphatic carbocycles. The number of halogens is 1. The third-order valence-corrected chi connectivity index (χ3v) is 5.08. The maximum atomic E-state index is 12.4. The smallest absolute Gasteiger partial charge is 0.307 e. The van der Waals surface area contributed by atoms with Crippen LogP contribution in [0.1, 0.15) is 21.7 Å². The molecule has 0 atom stereocenters. The number of ether oxygens (including phenoxy) is 2. The molecule has 6 nitrogen and oxygen atoms in total. The number of nitrogens with zero attached hydrogens (tertiary/aromatic N) is 1. The lowest BCUT2D eigenvalue weighted by molar-refractivity contribution is 0.0929. The van der Waals surface area contributed by atoms with Gasteiger partial charge in [-0.1, -0.05) is 52.3 Å². The Balaban J connectivity index is 1.43. The van der Waals surface area contributed by atoms with Crippen molar-refractivity contribution in [2.45, 2.75) is 6.61 Å². The van der Waals surface area contributed by atoms with E-state index in [0.29, 0.717) is 23.7 Å². The number of carbonyl (C=O) groups is 1. The Hall–Kier alpha value is -3.58. The van der Waals surface area contributed by atoms with Crippen LogP contribution < -0.4 is 14.9 Å². The molecule has 0 saturated carbocycles. The number of hydrogen-bond donors (Lipinski definition) is 1. The minimum atomic E-state index is -0.456. The van der Waals surface area contributed by atoms with Crippen LogP contribution in [0.25, 0.3) is 11.0 Å². The number of methoxy groups -OCH3 is 1. The SMILES string of the molecule is COc1cccc2cc(C(=O)N/N=C\c3ccccc3OCc3ccc(Br)cc3)oc12. The van der Waals surface area contributed by atoms with E-state index in [-0.39, 0.29) is 5.76 Å². The van der Waals surface area contributed by atoms with Crippen LogP contribution in [0.2, 0.25) is 0 Å². The number of furan rings is 1. The molecule has 0 saturated heterocycles. The summed E-state index contributed by atoms with van der Waals surface area (Å²) in [4.78, 5) is 12.4. The highest BCUT2D eigenvalue weighted by molar-refractivity contribution is 9.10.